The number of benzene rings is 2. The maximum absolute atomic E-state index is 10.4. The molecule has 1 heteroatoms. The average Bonchev–Trinajstić information content (AvgIpc) is 2.72. The fourth-order valence-electron chi connectivity index (χ4n) is 4.20. The Morgan fingerprint density at radius 2 is 1.17 bits per heavy atom. The highest BCUT2D eigenvalue weighted by Gasteiger charge is 2.08. The van der Waals surface area contributed by atoms with Crippen LogP contribution in [-0.4, -0.2) is 5.11 Å². The summed E-state index contributed by atoms with van der Waals surface area (Å²) in [4.78, 5) is 0. The van der Waals surface area contributed by atoms with Gasteiger partial charge in [0.1, 0.15) is 5.75 Å². The van der Waals surface area contributed by atoms with E-state index in [-0.39, 0.29) is 0 Å². The Balaban J connectivity index is 1.60. The average molecular weight is 395 g/mol. The Morgan fingerprint density at radius 1 is 0.655 bits per heavy atom. The van der Waals surface area contributed by atoms with Crippen LogP contribution in [0, 0.1) is 13.8 Å². The quantitative estimate of drug-likeness (QED) is 0.317. The highest BCUT2D eigenvalue weighted by molar-refractivity contribution is 5.72. The van der Waals surface area contributed by atoms with Gasteiger partial charge in [-0.25, -0.2) is 0 Å². The standard InChI is InChI=1S/C28H42O/c1-4-5-6-7-8-9-10-11-12-13-14-15-16-25-17-19-26(20-18-25)27-22-23(2)21-24(3)28(27)29/h17-22,29H,4-16H2,1-3H3. The smallest absolute Gasteiger partial charge is 0.126 e. The van der Waals surface area contributed by atoms with Crippen molar-refractivity contribution >= 4 is 0 Å². The number of aromatic hydroxyl groups is 1. The van der Waals surface area contributed by atoms with Gasteiger partial charge in [-0.1, -0.05) is 108 Å². The molecule has 0 fully saturated rings. The van der Waals surface area contributed by atoms with Crippen LogP contribution >= 0.6 is 0 Å². The zero-order chi connectivity index (χ0) is 20.9. The lowest BCUT2D eigenvalue weighted by Crippen LogP contribution is -1.89. The lowest BCUT2D eigenvalue weighted by molar-refractivity contribution is 0.473. The normalized spacial score (nSPS) is 11.1. The summed E-state index contributed by atoms with van der Waals surface area (Å²) in [6, 6.07) is 12.9. The molecule has 2 aromatic rings. The first-order valence-electron chi connectivity index (χ1n) is 12.0. The molecule has 0 amide bonds. The zero-order valence-corrected chi connectivity index (χ0v) is 19.1. The van der Waals surface area contributed by atoms with Gasteiger partial charge in [-0.2, -0.15) is 0 Å². The highest BCUT2D eigenvalue weighted by atomic mass is 16.3. The van der Waals surface area contributed by atoms with Crippen LogP contribution in [0.5, 0.6) is 5.75 Å². The lowest BCUT2D eigenvalue weighted by Gasteiger charge is -2.10. The SMILES string of the molecule is CCCCCCCCCCCCCCc1ccc(-c2cc(C)cc(C)c2O)cc1. The van der Waals surface area contributed by atoms with E-state index in [1.54, 1.807) is 0 Å². The Kier molecular flexibility index (Phi) is 10.9. The lowest BCUT2D eigenvalue weighted by atomic mass is 9.97. The second kappa shape index (κ2) is 13.5. The Bertz CT molecular complexity index is 699. The molecule has 0 spiro atoms. The Morgan fingerprint density at radius 3 is 1.72 bits per heavy atom. The minimum atomic E-state index is 0.407. The van der Waals surface area contributed by atoms with Crippen LogP contribution < -0.4 is 0 Å². The van der Waals surface area contributed by atoms with Crippen LogP contribution in [0.25, 0.3) is 11.1 Å². The maximum Gasteiger partial charge on any atom is 0.126 e. The first-order valence-corrected chi connectivity index (χ1v) is 12.0. The van der Waals surface area contributed by atoms with Crippen LogP contribution in [0.3, 0.4) is 0 Å². The molecular formula is C28H42O. The van der Waals surface area contributed by atoms with Gasteiger partial charge in [0.15, 0.2) is 0 Å². The molecule has 0 aliphatic rings. The molecule has 0 unspecified atom stereocenters. The fraction of sp³-hybridized carbons (Fsp3) is 0.571. The van der Waals surface area contributed by atoms with Crippen molar-refractivity contribution in [3.05, 3.63) is 53.1 Å². The minimum absolute atomic E-state index is 0.407. The van der Waals surface area contributed by atoms with Crippen molar-refractivity contribution in [1.29, 1.82) is 0 Å². The van der Waals surface area contributed by atoms with Crippen molar-refractivity contribution in [2.45, 2.75) is 104 Å². The Labute approximate surface area is 179 Å². The molecule has 0 saturated heterocycles. The van der Waals surface area contributed by atoms with Gasteiger partial charge in [-0.15, -0.1) is 0 Å². The summed E-state index contributed by atoms with van der Waals surface area (Å²) in [7, 11) is 0. The molecule has 0 atom stereocenters. The third-order valence-electron chi connectivity index (χ3n) is 6.03. The number of rotatable bonds is 14. The molecular weight excluding hydrogens is 352 g/mol. The van der Waals surface area contributed by atoms with E-state index in [0.29, 0.717) is 5.75 Å². The van der Waals surface area contributed by atoms with Crippen LogP contribution in [0.15, 0.2) is 36.4 Å². The summed E-state index contributed by atoms with van der Waals surface area (Å²) in [6.07, 6.45) is 17.9. The molecule has 160 valence electrons. The molecule has 2 rings (SSSR count). The molecule has 1 nitrogen and oxygen atoms in total. The van der Waals surface area contributed by atoms with E-state index in [9.17, 15) is 5.11 Å². The van der Waals surface area contributed by atoms with Crippen LogP contribution in [0.2, 0.25) is 0 Å². The molecule has 29 heavy (non-hydrogen) atoms. The predicted octanol–water partition coefficient (Wildman–Crippen LogP) is 8.92. The van der Waals surface area contributed by atoms with E-state index in [1.807, 2.05) is 13.0 Å². The molecule has 0 aromatic heterocycles. The third-order valence-corrected chi connectivity index (χ3v) is 6.03. The molecule has 0 saturated carbocycles. The Hall–Kier alpha value is -1.76. The van der Waals surface area contributed by atoms with E-state index < -0.39 is 0 Å². The summed E-state index contributed by atoms with van der Waals surface area (Å²) in [5, 5.41) is 10.4. The summed E-state index contributed by atoms with van der Waals surface area (Å²) >= 11 is 0. The minimum Gasteiger partial charge on any atom is -0.507 e. The predicted molar refractivity (Wildman–Crippen MR) is 128 cm³/mol. The second-order valence-electron chi connectivity index (χ2n) is 8.81. The van der Waals surface area contributed by atoms with E-state index in [0.717, 1.165) is 23.1 Å². The first-order chi connectivity index (χ1) is 14.1. The van der Waals surface area contributed by atoms with Crippen molar-refractivity contribution < 1.29 is 5.11 Å². The zero-order valence-electron chi connectivity index (χ0n) is 19.1. The number of phenolic OH excluding ortho intramolecular Hbond substituents is 1. The summed E-state index contributed by atoms with van der Waals surface area (Å²) in [5.41, 5.74) is 5.59. The number of hydrogen-bond acceptors (Lipinski definition) is 1. The van der Waals surface area contributed by atoms with Crippen molar-refractivity contribution in [3.8, 4) is 16.9 Å². The first kappa shape index (κ1) is 23.5. The summed E-state index contributed by atoms with van der Waals surface area (Å²) < 4.78 is 0. The monoisotopic (exact) mass is 394 g/mol. The van der Waals surface area contributed by atoms with Gasteiger partial charge in [-0.05, 0) is 55.0 Å². The fourth-order valence-corrected chi connectivity index (χ4v) is 4.20. The number of phenols is 1. The van der Waals surface area contributed by atoms with Crippen LogP contribution in [-0.2, 0) is 6.42 Å². The van der Waals surface area contributed by atoms with Gasteiger partial charge < -0.3 is 5.11 Å². The molecule has 0 aliphatic carbocycles. The largest absolute Gasteiger partial charge is 0.507 e. The summed E-state index contributed by atoms with van der Waals surface area (Å²) in [6.45, 7) is 6.33. The van der Waals surface area contributed by atoms with Gasteiger partial charge in [0.2, 0.25) is 0 Å². The summed E-state index contributed by atoms with van der Waals surface area (Å²) in [5.74, 6) is 0.407. The van der Waals surface area contributed by atoms with E-state index >= 15 is 0 Å². The van der Waals surface area contributed by atoms with Crippen molar-refractivity contribution in [1.82, 2.24) is 0 Å². The molecule has 0 aliphatic heterocycles. The molecule has 2 aromatic carbocycles. The third kappa shape index (κ3) is 8.64. The van der Waals surface area contributed by atoms with Crippen LogP contribution in [0.4, 0.5) is 0 Å². The van der Waals surface area contributed by atoms with Crippen molar-refractivity contribution in [3.63, 3.8) is 0 Å². The topological polar surface area (TPSA) is 20.2 Å². The van der Waals surface area contributed by atoms with Gasteiger partial charge in [-0.3, -0.25) is 0 Å². The number of aryl methyl sites for hydroxylation is 3. The molecule has 0 heterocycles. The van der Waals surface area contributed by atoms with E-state index in [2.05, 4.69) is 44.2 Å². The van der Waals surface area contributed by atoms with Crippen molar-refractivity contribution in [2.75, 3.05) is 0 Å². The maximum atomic E-state index is 10.4. The van der Waals surface area contributed by atoms with Crippen molar-refractivity contribution in [2.24, 2.45) is 0 Å². The van der Waals surface area contributed by atoms with Gasteiger partial charge in [0, 0.05) is 5.56 Å². The van der Waals surface area contributed by atoms with Gasteiger partial charge in [0.05, 0.1) is 0 Å². The molecule has 0 bridgehead atoms. The molecule has 1 N–H and O–H groups in total. The van der Waals surface area contributed by atoms with E-state index in [4.69, 9.17) is 0 Å². The van der Waals surface area contributed by atoms with Gasteiger partial charge >= 0.3 is 0 Å². The second-order valence-corrected chi connectivity index (χ2v) is 8.81. The molecule has 0 radical (unpaired) electrons. The van der Waals surface area contributed by atoms with Crippen LogP contribution in [0.1, 0.15) is 101 Å². The number of hydrogen-bond donors (Lipinski definition) is 1. The number of unbranched alkanes of at least 4 members (excludes halogenated alkanes) is 11. The van der Waals surface area contributed by atoms with Gasteiger partial charge in [0.25, 0.3) is 0 Å². The highest BCUT2D eigenvalue weighted by Crippen LogP contribution is 2.33. The van der Waals surface area contributed by atoms with E-state index in [1.165, 1.54) is 88.2 Å².